The van der Waals surface area contributed by atoms with Crippen LogP contribution in [0.1, 0.15) is 24.1 Å². The van der Waals surface area contributed by atoms with E-state index in [4.69, 9.17) is 0 Å². The molecule has 98 valence electrons. The Labute approximate surface area is 116 Å². The first kappa shape index (κ1) is 11.4. The molecule has 0 unspecified atom stereocenters. The van der Waals surface area contributed by atoms with E-state index in [9.17, 15) is 4.79 Å². The standard InChI is InChI=1S/C17H14N2O/c20-16-14-9-5-4-8-13(14)15(18-19-16)17(10-11-17)12-6-2-1-3-7-12/h1-9H,10-11H2,(H,19,20). The number of hydrogen-bond donors (Lipinski definition) is 1. The second kappa shape index (κ2) is 4.04. The summed E-state index contributed by atoms with van der Waals surface area (Å²) in [7, 11) is 0. The van der Waals surface area contributed by atoms with Crippen molar-refractivity contribution in [2.75, 3.05) is 0 Å². The van der Waals surface area contributed by atoms with E-state index >= 15 is 0 Å². The summed E-state index contributed by atoms with van der Waals surface area (Å²) in [6.45, 7) is 0. The lowest BCUT2D eigenvalue weighted by Gasteiger charge is -2.16. The largest absolute Gasteiger partial charge is 0.272 e. The fraction of sp³-hybridized carbons (Fsp3) is 0.176. The molecule has 0 amide bonds. The Kier molecular flexibility index (Phi) is 2.30. The van der Waals surface area contributed by atoms with Gasteiger partial charge in [-0.25, -0.2) is 5.10 Å². The Bertz CT molecular complexity index is 832. The van der Waals surface area contributed by atoms with Crippen molar-refractivity contribution in [1.29, 1.82) is 0 Å². The topological polar surface area (TPSA) is 45.8 Å². The molecule has 0 radical (unpaired) electrons. The summed E-state index contributed by atoms with van der Waals surface area (Å²) in [6.07, 6.45) is 2.17. The average molecular weight is 262 g/mol. The third kappa shape index (κ3) is 1.53. The van der Waals surface area contributed by atoms with Crippen LogP contribution in [0.15, 0.2) is 59.4 Å². The van der Waals surface area contributed by atoms with E-state index < -0.39 is 0 Å². The maximum absolute atomic E-state index is 11.9. The van der Waals surface area contributed by atoms with Crippen LogP contribution in [-0.4, -0.2) is 10.2 Å². The molecule has 0 aliphatic heterocycles. The minimum atomic E-state index is -0.117. The van der Waals surface area contributed by atoms with E-state index in [1.54, 1.807) is 0 Å². The predicted molar refractivity (Wildman–Crippen MR) is 78.8 cm³/mol. The van der Waals surface area contributed by atoms with Crippen LogP contribution in [0.3, 0.4) is 0 Å². The van der Waals surface area contributed by atoms with Crippen LogP contribution in [0.2, 0.25) is 0 Å². The van der Waals surface area contributed by atoms with Gasteiger partial charge in [-0.15, -0.1) is 0 Å². The Morgan fingerprint density at radius 2 is 1.55 bits per heavy atom. The number of rotatable bonds is 2. The summed E-state index contributed by atoms with van der Waals surface area (Å²) in [5.74, 6) is 0. The van der Waals surface area contributed by atoms with Gasteiger partial charge in [-0.05, 0) is 24.5 Å². The highest BCUT2D eigenvalue weighted by molar-refractivity contribution is 5.85. The highest BCUT2D eigenvalue weighted by atomic mass is 16.1. The molecule has 1 N–H and O–H groups in total. The summed E-state index contributed by atoms with van der Waals surface area (Å²) in [5.41, 5.74) is 2.14. The zero-order valence-corrected chi connectivity index (χ0v) is 11.0. The van der Waals surface area contributed by atoms with Gasteiger partial charge in [-0.2, -0.15) is 5.10 Å². The van der Waals surface area contributed by atoms with Crippen molar-refractivity contribution in [2.24, 2.45) is 0 Å². The van der Waals surface area contributed by atoms with Crippen LogP contribution in [0.4, 0.5) is 0 Å². The van der Waals surface area contributed by atoms with Crippen molar-refractivity contribution in [3.8, 4) is 0 Å². The van der Waals surface area contributed by atoms with Gasteiger partial charge in [0, 0.05) is 10.8 Å². The predicted octanol–water partition coefficient (Wildman–Crippen LogP) is 3.00. The van der Waals surface area contributed by atoms with Crippen molar-refractivity contribution < 1.29 is 0 Å². The van der Waals surface area contributed by atoms with Gasteiger partial charge in [-0.1, -0.05) is 48.5 Å². The minimum absolute atomic E-state index is 0.0228. The van der Waals surface area contributed by atoms with Crippen LogP contribution in [0.5, 0.6) is 0 Å². The van der Waals surface area contributed by atoms with E-state index in [0.717, 1.165) is 29.3 Å². The minimum Gasteiger partial charge on any atom is -0.267 e. The average Bonchev–Trinajstić information content (AvgIpc) is 3.31. The quantitative estimate of drug-likeness (QED) is 0.771. The van der Waals surface area contributed by atoms with Crippen molar-refractivity contribution in [3.05, 3.63) is 76.2 Å². The lowest BCUT2D eigenvalue weighted by Crippen LogP contribution is -2.18. The maximum Gasteiger partial charge on any atom is 0.272 e. The summed E-state index contributed by atoms with van der Waals surface area (Å²) in [6, 6.07) is 18.2. The SMILES string of the molecule is O=c1[nH]nc(C2(c3ccccc3)CC2)c2ccccc12. The second-order valence-corrected chi connectivity index (χ2v) is 5.40. The lowest BCUT2D eigenvalue weighted by molar-refractivity contribution is 0.775. The Morgan fingerprint density at radius 3 is 2.25 bits per heavy atom. The zero-order valence-electron chi connectivity index (χ0n) is 11.0. The molecule has 1 aromatic heterocycles. The van der Waals surface area contributed by atoms with Crippen LogP contribution in [0, 0.1) is 0 Å². The summed E-state index contributed by atoms with van der Waals surface area (Å²) >= 11 is 0. The molecule has 3 heteroatoms. The smallest absolute Gasteiger partial charge is 0.267 e. The van der Waals surface area contributed by atoms with Crippen LogP contribution in [-0.2, 0) is 5.41 Å². The van der Waals surface area contributed by atoms with Gasteiger partial charge in [0.15, 0.2) is 0 Å². The summed E-state index contributed by atoms with van der Waals surface area (Å²) in [5, 5.41) is 8.72. The number of aromatic nitrogens is 2. The molecular weight excluding hydrogens is 248 g/mol. The second-order valence-electron chi connectivity index (χ2n) is 5.40. The number of benzene rings is 2. The molecule has 3 aromatic rings. The molecule has 2 aromatic carbocycles. The van der Waals surface area contributed by atoms with Crippen molar-refractivity contribution in [3.63, 3.8) is 0 Å². The summed E-state index contributed by atoms with van der Waals surface area (Å²) in [4.78, 5) is 11.9. The van der Waals surface area contributed by atoms with Gasteiger partial charge in [0.1, 0.15) is 0 Å². The first-order valence-electron chi connectivity index (χ1n) is 6.85. The van der Waals surface area contributed by atoms with Gasteiger partial charge in [0.25, 0.3) is 5.56 Å². The van der Waals surface area contributed by atoms with Crippen molar-refractivity contribution in [2.45, 2.75) is 18.3 Å². The summed E-state index contributed by atoms with van der Waals surface area (Å²) < 4.78 is 0. The molecule has 1 aliphatic rings. The number of hydrogen-bond acceptors (Lipinski definition) is 2. The van der Waals surface area contributed by atoms with Gasteiger partial charge in [0.05, 0.1) is 11.1 Å². The Morgan fingerprint density at radius 1 is 0.900 bits per heavy atom. The first-order chi connectivity index (χ1) is 9.81. The molecule has 1 heterocycles. The Balaban J connectivity index is 2.00. The normalized spacial score (nSPS) is 16.2. The molecule has 0 spiro atoms. The van der Waals surface area contributed by atoms with Gasteiger partial charge >= 0.3 is 0 Å². The van der Waals surface area contributed by atoms with E-state index in [2.05, 4.69) is 34.5 Å². The fourth-order valence-electron chi connectivity index (χ4n) is 3.02. The number of aromatic amines is 1. The molecule has 4 rings (SSSR count). The van der Waals surface area contributed by atoms with Crippen LogP contribution in [0.25, 0.3) is 10.8 Å². The first-order valence-corrected chi connectivity index (χ1v) is 6.85. The van der Waals surface area contributed by atoms with E-state index in [-0.39, 0.29) is 11.0 Å². The number of fused-ring (bicyclic) bond motifs is 1. The van der Waals surface area contributed by atoms with Crippen LogP contribution >= 0.6 is 0 Å². The molecule has 0 atom stereocenters. The molecule has 0 saturated heterocycles. The van der Waals surface area contributed by atoms with Gasteiger partial charge in [-0.3, -0.25) is 4.79 Å². The third-order valence-corrected chi connectivity index (χ3v) is 4.23. The zero-order chi connectivity index (χ0) is 13.6. The molecule has 1 saturated carbocycles. The molecular formula is C17H14N2O. The molecule has 20 heavy (non-hydrogen) atoms. The van der Waals surface area contributed by atoms with Crippen molar-refractivity contribution >= 4 is 10.8 Å². The molecule has 3 nitrogen and oxygen atoms in total. The van der Waals surface area contributed by atoms with E-state index in [1.807, 2.05) is 30.3 Å². The fourth-order valence-corrected chi connectivity index (χ4v) is 3.02. The number of nitrogens with zero attached hydrogens (tertiary/aromatic N) is 1. The third-order valence-electron chi connectivity index (χ3n) is 4.23. The maximum atomic E-state index is 11.9. The van der Waals surface area contributed by atoms with Crippen LogP contribution < -0.4 is 5.56 Å². The van der Waals surface area contributed by atoms with Gasteiger partial charge in [0.2, 0.25) is 0 Å². The van der Waals surface area contributed by atoms with Gasteiger partial charge < -0.3 is 0 Å². The molecule has 1 aliphatic carbocycles. The monoisotopic (exact) mass is 262 g/mol. The van der Waals surface area contributed by atoms with E-state index in [0.29, 0.717) is 0 Å². The highest BCUT2D eigenvalue weighted by Gasteiger charge is 2.48. The number of H-pyrrole nitrogens is 1. The molecule has 0 bridgehead atoms. The van der Waals surface area contributed by atoms with E-state index in [1.165, 1.54) is 5.56 Å². The number of nitrogens with one attached hydrogen (secondary N) is 1. The van der Waals surface area contributed by atoms with Crippen molar-refractivity contribution in [1.82, 2.24) is 10.2 Å². The highest BCUT2D eigenvalue weighted by Crippen LogP contribution is 2.53. The Hall–Kier alpha value is -2.42. The lowest BCUT2D eigenvalue weighted by atomic mass is 9.89. The molecule has 1 fully saturated rings.